The molecule has 2 amide bonds. The Hall–Kier alpha value is -1.59. The van der Waals surface area contributed by atoms with Crippen LogP contribution in [0, 0.1) is 0 Å². The van der Waals surface area contributed by atoms with Crippen LogP contribution in [0.4, 0.5) is 0 Å². The van der Waals surface area contributed by atoms with Crippen LogP contribution in [0.2, 0.25) is 0 Å². The van der Waals surface area contributed by atoms with Crippen LogP contribution in [0.1, 0.15) is 34.1 Å². The van der Waals surface area contributed by atoms with Crippen LogP contribution >= 0.6 is 23.2 Å². The Morgan fingerprint density at radius 1 is 1.19 bits per heavy atom. The van der Waals surface area contributed by atoms with Gasteiger partial charge in [-0.3, -0.25) is 9.59 Å². The number of fused-ring (bicyclic) bond motifs is 1. The summed E-state index contributed by atoms with van der Waals surface area (Å²) in [5, 5.41) is 0. The molecule has 1 aromatic rings. The second-order valence-corrected chi connectivity index (χ2v) is 6.29. The molecule has 0 spiro atoms. The third kappa shape index (κ3) is 1.88. The molecule has 110 valence electrons. The smallest absolute Gasteiger partial charge is 0.349 e. The highest BCUT2D eigenvalue weighted by Crippen LogP contribution is 2.44. The fourth-order valence-corrected chi connectivity index (χ4v) is 3.29. The topological polar surface area (TPSA) is 63.7 Å². The third-order valence-corrected chi connectivity index (χ3v) is 4.71. The van der Waals surface area contributed by atoms with Gasteiger partial charge in [0.25, 0.3) is 11.8 Å². The van der Waals surface area contributed by atoms with E-state index in [0.29, 0.717) is 0 Å². The predicted molar refractivity (Wildman–Crippen MR) is 75.4 cm³/mol. The predicted octanol–water partition coefficient (Wildman–Crippen LogP) is 2.16. The van der Waals surface area contributed by atoms with Crippen molar-refractivity contribution in [3.8, 4) is 0 Å². The number of amides is 2. The largest absolute Gasteiger partial charge is 0.455 e. The highest BCUT2D eigenvalue weighted by Gasteiger charge is 2.62. The highest BCUT2D eigenvalue weighted by atomic mass is 35.5. The molecule has 2 aliphatic heterocycles. The molecule has 0 aliphatic carbocycles. The molecule has 7 heteroatoms. The summed E-state index contributed by atoms with van der Waals surface area (Å²) in [6.07, 6.45) is -0.0463. The maximum Gasteiger partial charge on any atom is 0.349 e. The summed E-state index contributed by atoms with van der Waals surface area (Å²) < 4.78 is 5.17. The second kappa shape index (κ2) is 4.45. The van der Waals surface area contributed by atoms with Crippen molar-refractivity contribution in [1.29, 1.82) is 0 Å². The van der Waals surface area contributed by atoms with E-state index in [-0.39, 0.29) is 23.4 Å². The second-order valence-electron chi connectivity index (χ2n) is 5.40. The van der Waals surface area contributed by atoms with Crippen LogP contribution < -0.4 is 0 Å². The van der Waals surface area contributed by atoms with Gasteiger partial charge in [0.05, 0.1) is 17.0 Å². The summed E-state index contributed by atoms with van der Waals surface area (Å²) in [5.41, 5.74) is -0.542. The number of esters is 1. The quantitative estimate of drug-likeness (QED) is 0.361. The van der Waals surface area contributed by atoms with E-state index in [2.05, 4.69) is 0 Å². The van der Waals surface area contributed by atoms with Gasteiger partial charge in [-0.05, 0) is 19.1 Å². The van der Waals surface area contributed by atoms with Crippen molar-refractivity contribution in [2.75, 3.05) is 5.88 Å². The number of hydrogen-bond donors (Lipinski definition) is 0. The van der Waals surface area contributed by atoms with Crippen LogP contribution in [0.5, 0.6) is 0 Å². The van der Waals surface area contributed by atoms with E-state index in [4.69, 9.17) is 27.9 Å². The Morgan fingerprint density at radius 3 is 2.14 bits per heavy atom. The van der Waals surface area contributed by atoms with Crippen LogP contribution in [-0.4, -0.2) is 39.2 Å². The molecule has 21 heavy (non-hydrogen) atoms. The van der Waals surface area contributed by atoms with E-state index >= 15 is 0 Å². The van der Waals surface area contributed by atoms with Crippen molar-refractivity contribution in [2.45, 2.75) is 23.9 Å². The SMILES string of the molecule is C[C@]1(CCl)C[C@](Cl)(N2C(=O)c3ccccc3C2=O)C(=O)O1. The number of imide groups is 1. The maximum absolute atomic E-state index is 12.4. The first-order chi connectivity index (χ1) is 9.82. The van der Waals surface area contributed by atoms with Gasteiger partial charge in [0.15, 0.2) is 0 Å². The van der Waals surface area contributed by atoms with Crippen molar-refractivity contribution in [1.82, 2.24) is 4.90 Å². The van der Waals surface area contributed by atoms with Gasteiger partial charge in [-0.15, -0.1) is 11.6 Å². The Morgan fingerprint density at radius 2 is 1.71 bits per heavy atom. The van der Waals surface area contributed by atoms with Crippen LogP contribution in [0.3, 0.4) is 0 Å². The molecule has 0 radical (unpaired) electrons. The lowest BCUT2D eigenvalue weighted by Gasteiger charge is -2.27. The Kier molecular flexibility index (Phi) is 3.04. The van der Waals surface area contributed by atoms with Gasteiger partial charge in [0, 0.05) is 6.42 Å². The van der Waals surface area contributed by atoms with Crippen LogP contribution in [0.15, 0.2) is 24.3 Å². The number of nitrogens with zero attached hydrogens (tertiary/aromatic N) is 1. The zero-order valence-electron chi connectivity index (χ0n) is 11.1. The molecule has 1 fully saturated rings. The number of halogens is 2. The van der Waals surface area contributed by atoms with Crippen LogP contribution in [-0.2, 0) is 9.53 Å². The molecule has 0 unspecified atom stereocenters. The summed E-state index contributed by atoms with van der Waals surface area (Å²) in [4.78, 5) is 35.9. The lowest BCUT2D eigenvalue weighted by Crippen LogP contribution is -2.51. The van der Waals surface area contributed by atoms with Gasteiger partial charge in [0.2, 0.25) is 5.00 Å². The molecule has 0 N–H and O–H groups in total. The molecule has 3 rings (SSSR count). The van der Waals surface area contributed by atoms with Gasteiger partial charge in [-0.25, -0.2) is 9.69 Å². The normalized spacial score (nSPS) is 31.6. The van der Waals surface area contributed by atoms with Gasteiger partial charge in [-0.2, -0.15) is 0 Å². The molecule has 1 aromatic carbocycles. The Balaban J connectivity index is 2.05. The molecular formula is C14H11Cl2NO4. The van der Waals surface area contributed by atoms with E-state index in [1.54, 1.807) is 19.1 Å². The van der Waals surface area contributed by atoms with Crippen molar-refractivity contribution in [3.63, 3.8) is 0 Å². The fraction of sp³-hybridized carbons (Fsp3) is 0.357. The van der Waals surface area contributed by atoms with Crippen LogP contribution in [0.25, 0.3) is 0 Å². The number of carbonyl (C=O) groups excluding carboxylic acids is 3. The lowest BCUT2D eigenvalue weighted by atomic mass is 10.0. The minimum Gasteiger partial charge on any atom is -0.455 e. The minimum absolute atomic E-state index is 0.0242. The molecule has 5 nitrogen and oxygen atoms in total. The third-order valence-electron chi connectivity index (χ3n) is 3.69. The molecular weight excluding hydrogens is 317 g/mol. The summed E-state index contributed by atoms with van der Waals surface area (Å²) in [6.45, 7) is 1.61. The average molecular weight is 328 g/mol. The molecule has 2 heterocycles. The standard InChI is InChI=1S/C14H11Cl2NO4/c1-13(7-15)6-14(16,12(20)21-13)17-10(18)8-4-2-3-5-9(8)11(17)19/h2-5H,6-7H2,1H3/t13-,14+/m1/s1. The first-order valence-electron chi connectivity index (χ1n) is 6.29. The van der Waals surface area contributed by atoms with Crippen molar-refractivity contribution in [3.05, 3.63) is 35.4 Å². The zero-order chi connectivity index (χ0) is 15.4. The van der Waals surface area contributed by atoms with Crippen molar-refractivity contribution in [2.24, 2.45) is 0 Å². The van der Waals surface area contributed by atoms with Crippen molar-refractivity contribution >= 4 is 41.0 Å². The van der Waals surface area contributed by atoms with E-state index in [9.17, 15) is 14.4 Å². The van der Waals surface area contributed by atoms with E-state index < -0.39 is 28.4 Å². The Labute approximate surface area is 130 Å². The lowest BCUT2D eigenvalue weighted by molar-refractivity contribution is -0.149. The maximum atomic E-state index is 12.4. The Bertz CT molecular complexity index is 642. The first kappa shape index (κ1) is 14.4. The molecule has 0 saturated carbocycles. The minimum atomic E-state index is -1.85. The molecule has 0 bridgehead atoms. The number of cyclic esters (lactones) is 1. The summed E-state index contributed by atoms with van der Waals surface area (Å²) >= 11 is 12.1. The van der Waals surface area contributed by atoms with E-state index in [1.165, 1.54) is 12.1 Å². The van der Waals surface area contributed by atoms with E-state index in [1.807, 2.05) is 0 Å². The number of hydrogen-bond acceptors (Lipinski definition) is 4. The highest BCUT2D eigenvalue weighted by molar-refractivity contribution is 6.39. The number of alkyl halides is 2. The van der Waals surface area contributed by atoms with E-state index in [0.717, 1.165) is 4.90 Å². The molecule has 1 saturated heterocycles. The summed E-state index contributed by atoms with van der Waals surface area (Å²) in [7, 11) is 0. The number of rotatable bonds is 2. The first-order valence-corrected chi connectivity index (χ1v) is 7.20. The summed E-state index contributed by atoms with van der Waals surface area (Å²) in [6, 6.07) is 6.34. The van der Waals surface area contributed by atoms with Crippen molar-refractivity contribution < 1.29 is 19.1 Å². The van der Waals surface area contributed by atoms with Gasteiger partial charge in [0.1, 0.15) is 5.60 Å². The fourth-order valence-electron chi connectivity index (χ4n) is 2.66. The monoisotopic (exact) mass is 327 g/mol. The van der Waals surface area contributed by atoms with Gasteiger partial charge >= 0.3 is 5.97 Å². The molecule has 0 aromatic heterocycles. The zero-order valence-corrected chi connectivity index (χ0v) is 12.6. The number of carbonyl (C=O) groups is 3. The van der Waals surface area contributed by atoms with Gasteiger partial charge in [-0.1, -0.05) is 23.7 Å². The summed E-state index contributed by atoms with van der Waals surface area (Å²) in [5.74, 6) is -2.00. The number of benzene rings is 1. The molecule has 2 aliphatic rings. The van der Waals surface area contributed by atoms with Gasteiger partial charge < -0.3 is 4.74 Å². The average Bonchev–Trinajstić information content (AvgIpc) is 2.84. The number of ether oxygens (including phenoxy) is 1. The molecule has 2 atom stereocenters.